The van der Waals surface area contributed by atoms with E-state index in [1.54, 1.807) is 6.07 Å². The maximum Gasteiger partial charge on any atom is 0.0500 e. The Balaban J connectivity index is 2.30. The highest BCUT2D eigenvalue weighted by Gasteiger charge is 2.12. The van der Waals surface area contributed by atoms with Crippen molar-refractivity contribution in [2.24, 2.45) is 0 Å². The molecule has 1 N–H and O–H groups in total. The number of halogens is 2. The van der Waals surface area contributed by atoms with Crippen molar-refractivity contribution < 1.29 is 0 Å². The van der Waals surface area contributed by atoms with E-state index in [4.69, 9.17) is 23.2 Å². The second kappa shape index (κ2) is 6.07. The molecule has 0 heterocycles. The monoisotopic (exact) mass is 307 g/mol. The van der Waals surface area contributed by atoms with Gasteiger partial charge in [-0.1, -0.05) is 47.0 Å². The zero-order valence-corrected chi connectivity index (χ0v) is 13.7. The van der Waals surface area contributed by atoms with Gasteiger partial charge in [-0.2, -0.15) is 0 Å². The minimum absolute atomic E-state index is 0.125. The van der Waals surface area contributed by atoms with Crippen molar-refractivity contribution in [3.63, 3.8) is 0 Å². The van der Waals surface area contributed by atoms with Gasteiger partial charge in [-0.25, -0.2) is 0 Å². The summed E-state index contributed by atoms with van der Waals surface area (Å²) in [6.07, 6.45) is 0. The Morgan fingerprint density at radius 2 is 1.55 bits per heavy atom. The fraction of sp³-hybridized carbons (Fsp3) is 0.294. The molecule has 0 fully saturated rings. The molecular formula is C17H19Cl2N. The van der Waals surface area contributed by atoms with Crippen LogP contribution >= 0.6 is 23.2 Å². The van der Waals surface area contributed by atoms with Gasteiger partial charge in [0.1, 0.15) is 0 Å². The molecular weight excluding hydrogens is 289 g/mol. The van der Waals surface area contributed by atoms with E-state index in [1.807, 2.05) is 12.1 Å². The summed E-state index contributed by atoms with van der Waals surface area (Å²) >= 11 is 12.2. The standard InChI is InChI=1S/C17H19Cl2N/c1-10-7-11(2)17(12(3)8-10)20-13(4)15-6-5-14(18)9-16(15)19/h5-9,13,20H,1-4H3. The van der Waals surface area contributed by atoms with Crippen LogP contribution < -0.4 is 5.32 Å². The maximum absolute atomic E-state index is 6.27. The Bertz CT molecular complexity index is 612. The summed E-state index contributed by atoms with van der Waals surface area (Å²) in [7, 11) is 0. The summed E-state index contributed by atoms with van der Waals surface area (Å²) < 4.78 is 0. The third-order valence-corrected chi connectivity index (χ3v) is 4.03. The van der Waals surface area contributed by atoms with Crippen LogP contribution in [-0.4, -0.2) is 0 Å². The first-order chi connectivity index (χ1) is 9.38. The van der Waals surface area contributed by atoms with Crippen LogP contribution in [0.5, 0.6) is 0 Å². The highest BCUT2D eigenvalue weighted by molar-refractivity contribution is 6.35. The minimum atomic E-state index is 0.125. The maximum atomic E-state index is 6.27. The molecule has 2 rings (SSSR count). The van der Waals surface area contributed by atoms with E-state index in [0.717, 1.165) is 5.56 Å². The van der Waals surface area contributed by atoms with Crippen molar-refractivity contribution in [2.45, 2.75) is 33.7 Å². The Labute approximate surface area is 130 Å². The van der Waals surface area contributed by atoms with Crippen molar-refractivity contribution in [3.8, 4) is 0 Å². The van der Waals surface area contributed by atoms with E-state index in [-0.39, 0.29) is 6.04 Å². The Morgan fingerprint density at radius 1 is 0.950 bits per heavy atom. The van der Waals surface area contributed by atoms with Gasteiger partial charge in [-0.15, -0.1) is 0 Å². The molecule has 0 aliphatic rings. The van der Waals surface area contributed by atoms with Gasteiger partial charge >= 0.3 is 0 Å². The number of anilines is 1. The van der Waals surface area contributed by atoms with E-state index >= 15 is 0 Å². The fourth-order valence-electron chi connectivity index (χ4n) is 2.55. The normalized spacial score (nSPS) is 12.3. The summed E-state index contributed by atoms with van der Waals surface area (Å²) in [5.41, 5.74) is 6.01. The second-order valence-corrected chi connectivity index (χ2v) is 6.15. The van der Waals surface area contributed by atoms with Crippen molar-refractivity contribution in [1.82, 2.24) is 0 Å². The average Bonchev–Trinajstić information content (AvgIpc) is 2.33. The van der Waals surface area contributed by atoms with Crippen molar-refractivity contribution >= 4 is 28.9 Å². The lowest BCUT2D eigenvalue weighted by molar-refractivity contribution is 0.880. The number of hydrogen-bond donors (Lipinski definition) is 1. The minimum Gasteiger partial charge on any atom is -0.378 e. The lowest BCUT2D eigenvalue weighted by Crippen LogP contribution is -2.09. The summed E-state index contributed by atoms with van der Waals surface area (Å²) in [6.45, 7) is 8.47. The Hall–Kier alpha value is -1.18. The van der Waals surface area contributed by atoms with Gasteiger partial charge in [0.15, 0.2) is 0 Å². The predicted molar refractivity (Wildman–Crippen MR) is 89.2 cm³/mol. The van der Waals surface area contributed by atoms with Crippen LogP contribution in [-0.2, 0) is 0 Å². The Kier molecular flexibility index (Phi) is 4.62. The second-order valence-electron chi connectivity index (χ2n) is 5.31. The molecule has 1 unspecified atom stereocenters. The zero-order chi connectivity index (χ0) is 14.9. The summed E-state index contributed by atoms with van der Waals surface area (Å²) in [6, 6.07) is 10.1. The van der Waals surface area contributed by atoms with Crippen molar-refractivity contribution in [1.29, 1.82) is 0 Å². The Morgan fingerprint density at radius 3 is 2.10 bits per heavy atom. The first-order valence-corrected chi connectivity index (χ1v) is 7.43. The van der Waals surface area contributed by atoms with E-state index in [1.165, 1.54) is 22.4 Å². The topological polar surface area (TPSA) is 12.0 Å². The smallest absolute Gasteiger partial charge is 0.0500 e. The van der Waals surface area contributed by atoms with Crippen LogP contribution in [0, 0.1) is 20.8 Å². The van der Waals surface area contributed by atoms with Crippen LogP contribution in [0.4, 0.5) is 5.69 Å². The molecule has 3 heteroatoms. The van der Waals surface area contributed by atoms with Crippen LogP contribution in [0.2, 0.25) is 10.0 Å². The van der Waals surface area contributed by atoms with E-state index in [0.29, 0.717) is 10.0 Å². The number of benzene rings is 2. The molecule has 0 aliphatic heterocycles. The van der Waals surface area contributed by atoms with E-state index in [2.05, 4.69) is 45.1 Å². The molecule has 0 spiro atoms. The molecule has 0 aromatic heterocycles. The lowest BCUT2D eigenvalue weighted by atomic mass is 10.0. The quantitative estimate of drug-likeness (QED) is 0.723. The molecule has 2 aromatic rings. The molecule has 0 amide bonds. The highest BCUT2D eigenvalue weighted by Crippen LogP contribution is 2.31. The van der Waals surface area contributed by atoms with E-state index in [9.17, 15) is 0 Å². The molecule has 1 nitrogen and oxygen atoms in total. The average molecular weight is 308 g/mol. The third kappa shape index (κ3) is 3.28. The summed E-state index contributed by atoms with van der Waals surface area (Å²) in [4.78, 5) is 0. The third-order valence-electron chi connectivity index (χ3n) is 3.47. The first-order valence-electron chi connectivity index (χ1n) is 6.68. The molecule has 1 atom stereocenters. The van der Waals surface area contributed by atoms with Gasteiger partial charge < -0.3 is 5.32 Å². The predicted octanol–water partition coefficient (Wildman–Crippen LogP) is 6.09. The molecule has 20 heavy (non-hydrogen) atoms. The summed E-state index contributed by atoms with van der Waals surface area (Å²) in [5, 5.41) is 4.91. The molecule has 0 saturated carbocycles. The zero-order valence-electron chi connectivity index (χ0n) is 12.2. The number of aryl methyl sites for hydroxylation is 3. The van der Waals surface area contributed by atoms with Gasteiger partial charge in [0, 0.05) is 15.7 Å². The lowest BCUT2D eigenvalue weighted by Gasteiger charge is -2.21. The van der Waals surface area contributed by atoms with Crippen LogP contribution in [0.15, 0.2) is 30.3 Å². The number of hydrogen-bond acceptors (Lipinski definition) is 1. The van der Waals surface area contributed by atoms with Crippen molar-refractivity contribution in [2.75, 3.05) is 5.32 Å². The van der Waals surface area contributed by atoms with Gasteiger partial charge in [0.25, 0.3) is 0 Å². The number of rotatable bonds is 3. The number of nitrogens with one attached hydrogen (secondary N) is 1. The van der Waals surface area contributed by atoms with Crippen molar-refractivity contribution in [3.05, 3.63) is 62.6 Å². The SMILES string of the molecule is Cc1cc(C)c(NC(C)c2ccc(Cl)cc2Cl)c(C)c1. The van der Waals surface area contributed by atoms with E-state index < -0.39 is 0 Å². The highest BCUT2D eigenvalue weighted by atomic mass is 35.5. The summed E-state index contributed by atoms with van der Waals surface area (Å²) in [5.74, 6) is 0. The van der Waals surface area contributed by atoms with Crippen LogP contribution in [0.1, 0.15) is 35.2 Å². The largest absolute Gasteiger partial charge is 0.378 e. The molecule has 0 aliphatic carbocycles. The molecule has 106 valence electrons. The van der Waals surface area contributed by atoms with Crippen LogP contribution in [0.3, 0.4) is 0 Å². The van der Waals surface area contributed by atoms with Gasteiger partial charge in [-0.05, 0) is 56.5 Å². The molecule has 0 radical (unpaired) electrons. The van der Waals surface area contributed by atoms with Gasteiger partial charge in [0.2, 0.25) is 0 Å². The molecule has 2 aromatic carbocycles. The fourth-order valence-corrected chi connectivity index (χ4v) is 3.13. The molecule has 0 saturated heterocycles. The molecule has 0 bridgehead atoms. The first kappa shape index (κ1) is 15.2. The van der Waals surface area contributed by atoms with Crippen LogP contribution in [0.25, 0.3) is 0 Å². The van der Waals surface area contributed by atoms with Gasteiger partial charge in [0.05, 0.1) is 6.04 Å². The van der Waals surface area contributed by atoms with Gasteiger partial charge in [-0.3, -0.25) is 0 Å².